The highest BCUT2D eigenvalue weighted by Crippen LogP contribution is 2.29. The van der Waals surface area contributed by atoms with Crippen LogP contribution < -0.4 is 26.0 Å². The number of amides is 1. The fourth-order valence-electron chi connectivity index (χ4n) is 4.54. The molecule has 0 atom stereocenters. The molecule has 0 bridgehead atoms. The van der Waals surface area contributed by atoms with Crippen LogP contribution in [0.5, 0.6) is 11.5 Å². The highest BCUT2D eigenvalue weighted by molar-refractivity contribution is 6.07. The molecule has 0 saturated carbocycles. The molecule has 0 saturated heterocycles. The summed E-state index contributed by atoms with van der Waals surface area (Å²) >= 11 is 0. The molecule has 0 aliphatic rings. The summed E-state index contributed by atoms with van der Waals surface area (Å²) in [5.74, 6) is 0.766. The van der Waals surface area contributed by atoms with E-state index in [1.165, 1.54) is 11.7 Å². The van der Waals surface area contributed by atoms with E-state index in [0.717, 1.165) is 15.6 Å². The van der Waals surface area contributed by atoms with Gasteiger partial charge >= 0.3 is 5.69 Å². The van der Waals surface area contributed by atoms with E-state index >= 15 is 0 Å². The summed E-state index contributed by atoms with van der Waals surface area (Å²) in [6.45, 7) is 1.66. The van der Waals surface area contributed by atoms with Crippen molar-refractivity contribution in [3.63, 3.8) is 0 Å². The van der Waals surface area contributed by atoms with E-state index < -0.39 is 17.2 Å². The van der Waals surface area contributed by atoms with Gasteiger partial charge in [-0.15, -0.1) is 0 Å². The highest BCUT2D eigenvalue weighted by atomic mass is 16.5. The summed E-state index contributed by atoms with van der Waals surface area (Å²) in [4.78, 5) is 40.8. The number of carbonyl (C=O) groups excluding carboxylic acids is 1. The monoisotopic (exact) mass is 498 g/mol. The molecule has 0 spiro atoms. The molecule has 37 heavy (non-hydrogen) atoms. The van der Waals surface area contributed by atoms with Crippen LogP contribution in [0.2, 0.25) is 0 Å². The minimum absolute atomic E-state index is 0.293. The molecule has 0 fully saturated rings. The first-order valence-corrected chi connectivity index (χ1v) is 11.7. The number of benzene rings is 3. The van der Waals surface area contributed by atoms with Gasteiger partial charge in [0, 0.05) is 18.1 Å². The molecule has 5 aromatic rings. The Labute approximate surface area is 212 Å². The molecule has 9 nitrogen and oxygen atoms in total. The molecule has 5 rings (SSSR count). The molecule has 2 heterocycles. The number of hydrogen-bond donors (Lipinski definition) is 1. The Kier molecular flexibility index (Phi) is 6.04. The summed E-state index contributed by atoms with van der Waals surface area (Å²) in [6.07, 6.45) is 0. The molecule has 3 aromatic carbocycles. The lowest BCUT2D eigenvalue weighted by atomic mass is 10.2. The normalized spacial score (nSPS) is 11.1. The minimum atomic E-state index is -0.628. The third-order valence-corrected chi connectivity index (χ3v) is 6.45. The van der Waals surface area contributed by atoms with Crippen LogP contribution in [0.25, 0.3) is 27.6 Å². The van der Waals surface area contributed by atoms with Gasteiger partial charge in [-0.2, -0.15) is 0 Å². The average molecular weight is 499 g/mol. The third-order valence-electron chi connectivity index (χ3n) is 6.45. The van der Waals surface area contributed by atoms with Crippen LogP contribution in [0.15, 0.2) is 76.3 Å². The number of ether oxygens (including phenoxy) is 2. The first-order chi connectivity index (χ1) is 17.8. The van der Waals surface area contributed by atoms with Gasteiger partial charge in [0.05, 0.1) is 30.9 Å². The predicted molar refractivity (Wildman–Crippen MR) is 143 cm³/mol. The quantitative estimate of drug-likeness (QED) is 0.386. The van der Waals surface area contributed by atoms with Crippen molar-refractivity contribution in [2.45, 2.75) is 13.5 Å². The van der Waals surface area contributed by atoms with E-state index in [0.29, 0.717) is 39.3 Å². The van der Waals surface area contributed by atoms with E-state index in [4.69, 9.17) is 9.47 Å². The van der Waals surface area contributed by atoms with Gasteiger partial charge < -0.3 is 19.4 Å². The summed E-state index contributed by atoms with van der Waals surface area (Å²) in [5.41, 5.74) is 2.32. The molecule has 1 N–H and O–H groups in total. The Morgan fingerprint density at radius 2 is 1.51 bits per heavy atom. The van der Waals surface area contributed by atoms with Gasteiger partial charge in [-0.05, 0) is 61.5 Å². The van der Waals surface area contributed by atoms with Crippen LogP contribution in [0.3, 0.4) is 0 Å². The van der Waals surface area contributed by atoms with Crippen LogP contribution >= 0.6 is 0 Å². The van der Waals surface area contributed by atoms with E-state index in [9.17, 15) is 14.4 Å². The molecule has 0 aliphatic heterocycles. The number of nitrogens with zero attached hydrogens (tertiary/aromatic N) is 3. The fraction of sp³-hybridized carbons (Fsp3) is 0.179. The van der Waals surface area contributed by atoms with Crippen LogP contribution in [0, 0.1) is 6.92 Å². The Bertz CT molecular complexity index is 1760. The Balaban J connectivity index is 1.76. The maximum Gasteiger partial charge on any atom is 0.336 e. The number of rotatable bonds is 6. The molecule has 9 heteroatoms. The summed E-state index contributed by atoms with van der Waals surface area (Å²) in [6, 6.07) is 19.4. The second kappa shape index (κ2) is 9.34. The number of anilines is 1. The number of fused-ring (bicyclic) bond motifs is 3. The van der Waals surface area contributed by atoms with Crippen molar-refractivity contribution in [2.75, 3.05) is 19.5 Å². The van der Waals surface area contributed by atoms with Gasteiger partial charge in [0.25, 0.3) is 5.56 Å². The molecule has 0 unspecified atom stereocenters. The van der Waals surface area contributed by atoms with Gasteiger partial charge in [0.1, 0.15) is 23.6 Å². The molecule has 1 amide bonds. The zero-order chi connectivity index (χ0) is 26.3. The SMILES string of the molecule is COc1ccc(-n2c(=O)c3c(c4cc(OC)ccc4n3C)n(CC(=O)Nc3ccc(C)cc3)c2=O)cc1. The second-order valence-electron chi connectivity index (χ2n) is 8.76. The van der Waals surface area contributed by atoms with Crippen molar-refractivity contribution in [2.24, 2.45) is 7.05 Å². The number of methoxy groups -OCH3 is 2. The average Bonchev–Trinajstić information content (AvgIpc) is 3.20. The third kappa shape index (κ3) is 4.14. The van der Waals surface area contributed by atoms with Crippen LogP contribution in [0.4, 0.5) is 5.69 Å². The van der Waals surface area contributed by atoms with Crippen LogP contribution in [-0.4, -0.2) is 33.8 Å². The van der Waals surface area contributed by atoms with Gasteiger partial charge in [0.15, 0.2) is 0 Å². The molecule has 188 valence electrons. The lowest BCUT2D eigenvalue weighted by Gasteiger charge is -2.14. The first kappa shape index (κ1) is 23.9. The second-order valence-corrected chi connectivity index (χ2v) is 8.76. The molecular formula is C28H26N4O5. The molecule has 0 aliphatic carbocycles. The largest absolute Gasteiger partial charge is 0.497 e. The van der Waals surface area contributed by atoms with E-state index in [1.54, 1.807) is 67.3 Å². The van der Waals surface area contributed by atoms with Crippen molar-refractivity contribution in [1.29, 1.82) is 0 Å². The van der Waals surface area contributed by atoms with Crippen molar-refractivity contribution < 1.29 is 14.3 Å². The van der Waals surface area contributed by atoms with Gasteiger partial charge in [-0.25, -0.2) is 9.36 Å². The number of aryl methyl sites for hydroxylation is 2. The standard InChI is InChI=1S/C28H26N4O5/c1-17-5-7-18(8-6-17)29-24(33)16-31-25-22-15-21(37-4)13-14-23(22)30(2)26(25)27(34)32(28(31)35)19-9-11-20(36-3)12-10-19/h5-15H,16H2,1-4H3,(H,29,33). The van der Waals surface area contributed by atoms with Crippen molar-refractivity contribution in [1.82, 2.24) is 13.7 Å². The predicted octanol–water partition coefficient (Wildman–Crippen LogP) is 3.61. The van der Waals surface area contributed by atoms with Crippen LogP contribution in [-0.2, 0) is 18.4 Å². The smallest absolute Gasteiger partial charge is 0.336 e. The molecule has 0 radical (unpaired) electrons. The summed E-state index contributed by atoms with van der Waals surface area (Å²) in [5, 5.41) is 3.48. The Morgan fingerprint density at radius 3 is 2.16 bits per heavy atom. The first-order valence-electron chi connectivity index (χ1n) is 11.7. The van der Waals surface area contributed by atoms with Crippen molar-refractivity contribution in [3.05, 3.63) is 93.1 Å². The molecule has 2 aromatic heterocycles. The number of aromatic nitrogens is 3. The number of carbonyl (C=O) groups is 1. The zero-order valence-corrected chi connectivity index (χ0v) is 20.9. The van der Waals surface area contributed by atoms with E-state index in [1.807, 2.05) is 25.1 Å². The Hall–Kier alpha value is -4.79. The zero-order valence-electron chi connectivity index (χ0n) is 20.9. The van der Waals surface area contributed by atoms with E-state index in [-0.39, 0.29) is 6.54 Å². The maximum absolute atomic E-state index is 13.9. The van der Waals surface area contributed by atoms with Gasteiger partial charge in [0.2, 0.25) is 5.91 Å². The topological polar surface area (TPSA) is 96.5 Å². The maximum atomic E-state index is 13.9. The molecular weight excluding hydrogens is 472 g/mol. The summed E-state index contributed by atoms with van der Waals surface area (Å²) in [7, 11) is 4.85. The minimum Gasteiger partial charge on any atom is -0.497 e. The number of hydrogen-bond acceptors (Lipinski definition) is 5. The fourth-order valence-corrected chi connectivity index (χ4v) is 4.54. The van der Waals surface area contributed by atoms with Crippen molar-refractivity contribution in [3.8, 4) is 17.2 Å². The summed E-state index contributed by atoms with van der Waals surface area (Å²) < 4.78 is 14.8. The lowest BCUT2D eigenvalue weighted by molar-refractivity contribution is -0.116. The van der Waals surface area contributed by atoms with Crippen LogP contribution in [0.1, 0.15) is 5.56 Å². The Morgan fingerprint density at radius 1 is 0.865 bits per heavy atom. The van der Waals surface area contributed by atoms with Gasteiger partial charge in [-0.1, -0.05) is 17.7 Å². The lowest BCUT2D eigenvalue weighted by Crippen LogP contribution is -2.41. The van der Waals surface area contributed by atoms with Crippen molar-refractivity contribution >= 4 is 33.5 Å². The highest BCUT2D eigenvalue weighted by Gasteiger charge is 2.23. The van der Waals surface area contributed by atoms with Gasteiger partial charge in [-0.3, -0.25) is 14.2 Å². The van der Waals surface area contributed by atoms with E-state index in [2.05, 4.69) is 5.32 Å². The number of nitrogens with one attached hydrogen (secondary N) is 1.